The van der Waals surface area contributed by atoms with Crippen LogP contribution in [0.3, 0.4) is 0 Å². The zero-order valence-electron chi connectivity index (χ0n) is 14.4. The molecule has 132 valence electrons. The van der Waals surface area contributed by atoms with Crippen molar-refractivity contribution >= 4 is 5.91 Å². The number of amides is 1. The molecule has 7 nitrogen and oxygen atoms in total. The van der Waals surface area contributed by atoms with E-state index in [1.165, 1.54) is 4.57 Å². The van der Waals surface area contributed by atoms with Crippen LogP contribution in [0.5, 0.6) is 0 Å². The van der Waals surface area contributed by atoms with Crippen molar-refractivity contribution in [3.63, 3.8) is 0 Å². The number of hydrogen-bond acceptors (Lipinski definition) is 4. The lowest BCUT2D eigenvalue weighted by Gasteiger charge is -2.29. The highest BCUT2D eigenvalue weighted by molar-refractivity contribution is 5.93. The van der Waals surface area contributed by atoms with E-state index in [0.717, 1.165) is 31.4 Å². The number of rotatable bonds is 3. The largest absolute Gasteiger partial charge is 0.349 e. The molecule has 2 heterocycles. The Labute approximate surface area is 145 Å². The number of carbonyl (C=O) groups is 1. The van der Waals surface area contributed by atoms with Gasteiger partial charge in [-0.15, -0.1) is 0 Å². The number of aromatic nitrogens is 3. The van der Waals surface area contributed by atoms with Gasteiger partial charge >= 0.3 is 0 Å². The monoisotopic (exact) mass is 342 g/mol. The minimum absolute atomic E-state index is 0.00849. The third kappa shape index (κ3) is 3.70. The van der Waals surface area contributed by atoms with Crippen LogP contribution in [-0.2, 0) is 7.05 Å². The average molecular weight is 342 g/mol. The van der Waals surface area contributed by atoms with Crippen molar-refractivity contribution in [1.82, 2.24) is 19.7 Å². The van der Waals surface area contributed by atoms with Gasteiger partial charge in [0.15, 0.2) is 0 Å². The summed E-state index contributed by atoms with van der Waals surface area (Å²) in [5.41, 5.74) is 0.578. The van der Waals surface area contributed by atoms with Gasteiger partial charge in [-0.1, -0.05) is 0 Å². The fourth-order valence-corrected chi connectivity index (χ4v) is 3.28. The number of aryl methyl sites for hydroxylation is 2. The van der Waals surface area contributed by atoms with Gasteiger partial charge in [0.05, 0.1) is 11.7 Å². The van der Waals surface area contributed by atoms with Crippen LogP contribution in [0, 0.1) is 6.92 Å². The molecule has 0 unspecified atom stereocenters. The van der Waals surface area contributed by atoms with Crippen LogP contribution in [0.1, 0.15) is 47.8 Å². The Balaban J connectivity index is 1.64. The highest BCUT2D eigenvalue weighted by Crippen LogP contribution is 2.27. The summed E-state index contributed by atoms with van der Waals surface area (Å²) in [7, 11) is 1.62. The molecule has 25 heavy (non-hydrogen) atoms. The molecule has 0 aromatic carbocycles. The minimum atomic E-state index is -0.338. The molecule has 0 bridgehead atoms. The average Bonchev–Trinajstić information content (AvgIpc) is 2.60. The lowest BCUT2D eigenvalue weighted by molar-refractivity contribution is 0.0919. The molecule has 2 aromatic rings. The Morgan fingerprint density at radius 3 is 2.60 bits per heavy atom. The molecule has 3 rings (SSSR count). The van der Waals surface area contributed by atoms with Crippen LogP contribution < -0.4 is 16.4 Å². The van der Waals surface area contributed by atoms with Crippen LogP contribution in [-0.4, -0.2) is 26.3 Å². The molecule has 1 amide bonds. The maximum atomic E-state index is 12.3. The second-order valence-electron chi connectivity index (χ2n) is 6.57. The van der Waals surface area contributed by atoms with Gasteiger partial charge in [0.1, 0.15) is 5.56 Å². The number of nitrogens with zero attached hydrogens (tertiary/aromatic N) is 3. The number of nitrogens with one attached hydrogen (secondary N) is 1. The Bertz CT molecular complexity index is 892. The van der Waals surface area contributed by atoms with Gasteiger partial charge in [-0.25, -0.2) is 4.68 Å². The van der Waals surface area contributed by atoms with Gasteiger partial charge in [-0.2, -0.15) is 5.10 Å². The first-order chi connectivity index (χ1) is 12.0. The molecule has 0 radical (unpaired) electrons. The van der Waals surface area contributed by atoms with Crippen molar-refractivity contribution in [1.29, 1.82) is 0 Å². The van der Waals surface area contributed by atoms with Crippen molar-refractivity contribution < 1.29 is 4.79 Å². The summed E-state index contributed by atoms with van der Waals surface area (Å²) in [6.45, 7) is 1.86. The molecule has 7 heteroatoms. The molecule has 1 aliphatic carbocycles. The molecular weight excluding hydrogens is 320 g/mol. The summed E-state index contributed by atoms with van der Waals surface area (Å²) in [5, 5.41) is 7.27. The fraction of sp³-hybridized carbons (Fsp3) is 0.444. The second kappa shape index (κ2) is 7.04. The topological polar surface area (TPSA) is 86.0 Å². The zero-order valence-corrected chi connectivity index (χ0v) is 14.4. The van der Waals surface area contributed by atoms with E-state index in [0.29, 0.717) is 0 Å². The van der Waals surface area contributed by atoms with E-state index in [1.54, 1.807) is 42.2 Å². The van der Waals surface area contributed by atoms with Gasteiger partial charge in [-0.05, 0) is 50.8 Å². The van der Waals surface area contributed by atoms with Crippen molar-refractivity contribution in [2.45, 2.75) is 44.7 Å². The molecule has 0 spiro atoms. The van der Waals surface area contributed by atoms with Gasteiger partial charge in [0.2, 0.25) is 0 Å². The summed E-state index contributed by atoms with van der Waals surface area (Å²) in [5.74, 6) is -0.338. The molecule has 1 fully saturated rings. The van der Waals surface area contributed by atoms with E-state index in [4.69, 9.17) is 0 Å². The molecular formula is C18H22N4O3. The normalized spacial score (nSPS) is 20.2. The summed E-state index contributed by atoms with van der Waals surface area (Å²) >= 11 is 0. The van der Waals surface area contributed by atoms with E-state index < -0.39 is 0 Å². The Kier molecular flexibility index (Phi) is 4.83. The van der Waals surface area contributed by atoms with Crippen LogP contribution in [0.2, 0.25) is 0 Å². The maximum Gasteiger partial charge on any atom is 0.267 e. The first-order valence-corrected chi connectivity index (χ1v) is 8.48. The van der Waals surface area contributed by atoms with Gasteiger partial charge in [-0.3, -0.25) is 14.4 Å². The maximum absolute atomic E-state index is 12.3. The standard InChI is InChI=1S/C18H22N4O3/c1-12-5-10-16(23)22(20-12)14-8-6-13(7-9-14)19-17(24)15-4-3-11-21(2)18(15)25/h3-5,10-11,13-14H,6-9H2,1-2H3,(H,19,24). The predicted octanol–water partition coefficient (Wildman–Crippen LogP) is 1.16. The van der Waals surface area contributed by atoms with E-state index in [2.05, 4.69) is 10.4 Å². The zero-order chi connectivity index (χ0) is 18.0. The summed E-state index contributed by atoms with van der Waals surface area (Å²) < 4.78 is 2.95. The molecule has 1 saturated carbocycles. The van der Waals surface area contributed by atoms with E-state index in [9.17, 15) is 14.4 Å². The molecule has 0 aliphatic heterocycles. The fourth-order valence-electron chi connectivity index (χ4n) is 3.28. The Morgan fingerprint density at radius 1 is 1.16 bits per heavy atom. The second-order valence-corrected chi connectivity index (χ2v) is 6.57. The molecule has 1 aliphatic rings. The van der Waals surface area contributed by atoms with Gasteiger partial charge < -0.3 is 9.88 Å². The lowest BCUT2D eigenvalue weighted by atomic mass is 9.91. The minimum Gasteiger partial charge on any atom is -0.349 e. The van der Waals surface area contributed by atoms with Crippen molar-refractivity contribution in [3.05, 3.63) is 62.4 Å². The van der Waals surface area contributed by atoms with Gasteiger partial charge in [0, 0.05) is 25.4 Å². The first-order valence-electron chi connectivity index (χ1n) is 8.48. The number of hydrogen-bond donors (Lipinski definition) is 1. The smallest absolute Gasteiger partial charge is 0.267 e. The SMILES string of the molecule is Cc1ccc(=O)n(C2CCC(NC(=O)c3cccn(C)c3=O)CC2)n1. The predicted molar refractivity (Wildman–Crippen MR) is 93.7 cm³/mol. The Hall–Kier alpha value is -2.70. The summed E-state index contributed by atoms with van der Waals surface area (Å²) in [6.07, 6.45) is 4.68. The van der Waals surface area contributed by atoms with Crippen LogP contribution in [0.4, 0.5) is 0 Å². The van der Waals surface area contributed by atoms with E-state index in [1.807, 2.05) is 6.92 Å². The molecule has 2 aromatic heterocycles. The van der Waals surface area contributed by atoms with Gasteiger partial charge in [0.25, 0.3) is 17.0 Å². The van der Waals surface area contributed by atoms with Crippen LogP contribution >= 0.6 is 0 Å². The van der Waals surface area contributed by atoms with Crippen LogP contribution in [0.25, 0.3) is 0 Å². The van der Waals surface area contributed by atoms with Crippen molar-refractivity contribution in [2.75, 3.05) is 0 Å². The van der Waals surface area contributed by atoms with Crippen molar-refractivity contribution in [2.24, 2.45) is 7.05 Å². The third-order valence-electron chi connectivity index (χ3n) is 4.70. The van der Waals surface area contributed by atoms with E-state index >= 15 is 0 Å². The Morgan fingerprint density at radius 2 is 1.88 bits per heavy atom. The molecule has 0 atom stereocenters. The lowest BCUT2D eigenvalue weighted by Crippen LogP contribution is -2.41. The number of pyridine rings is 1. The molecule has 0 saturated heterocycles. The summed E-state index contributed by atoms with van der Waals surface area (Å²) in [6, 6.07) is 6.55. The molecule has 1 N–H and O–H groups in total. The first kappa shape index (κ1) is 17.1. The highest BCUT2D eigenvalue weighted by atomic mass is 16.2. The van der Waals surface area contributed by atoms with Crippen LogP contribution in [0.15, 0.2) is 40.1 Å². The third-order valence-corrected chi connectivity index (χ3v) is 4.70. The van der Waals surface area contributed by atoms with Crippen molar-refractivity contribution in [3.8, 4) is 0 Å². The number of carbonyl (C=O) groups excluding carboxylic acids is 1. The summed E-state index contributed by atoms with van der Waals surface area (Å²) in [4.78, 5) is 36.3. The quantitative estimate of drug-likeness (QED) is 0.907. The van der Waals surface area contributed by atoms with E-state index in [-0.39, 0.29) is 34.7 Å². The highest BCUT2D eigenvalue weighted by Gasteiger charge is 2.25.